The van der Waals surface area contributed by atoms with Crippen LogP contribution in [0.1, 0.15) is 28.9 Å². The Morgan fingerprint density at radius 1 is 1.30 bits per heavy atom. The number of halogens is 1. The smallest absolute Gasteiger partial charge is 0.227 e. The first kappa shape index (κ1) is 14.8. The van der Waals surface area contributed by atoms with E-state index in [1.54, 1.807) is 22.8 Å². The van der Waals surface area contributed by atoms with Crippen molar-refractivity contribution in [3.8, 4) is 0 Å². The third kappa shape index (κ3) is 2.38. The van der Waals surface area contributed by atoms with E-state index in [1.807, 2.05) is 47.3 Å². The van der Waals surface area contributed by atoms with Gasteiger partial charge in [-0.2, -0.15) is 11.3 Å². The van der Waals surface area contributed by atoms with Gasteiger partial charge in [-0.25, -0.2) is 0 Å². The van der Waals surface area contributed by atoms with Crippen LogP contribution in [0.5, 0.6) is 0 Å². The summed E-state index contributed by atoms with van der Waals surface area (Å²) >= 11 is 1.63. The number of aromatic nitrogens is 1. The molecule has 0 spiro atoms. The largest absolute Gasteiger partial charge is 0.320 e. The molecule has 0 fully saturated rings. The first-order valence-electron chi connectivity index (χ1n) is 6.07. The zero-order chi connectivity index (χ0) is 13.4. The van der Waals surface area contributed by atoms with Crippen LogP contribution < -0.4 is 5.73 Å². The van der Waals surface area contributed by atoms with Gasteiger partial charge in [-0.15, -0.1) is 12.4 Å². The van der Waals surface area contributed by atoms with Crippen molar-refractivity contribution in [1.82, 2.24) is 4.57 Å². The molecule has 1 aromatic carbocycles. The molecule has 0 saturated carbocycles. The number of nitrogens with zero attached hydrogens (tertiary/aromatic N) is 1. The monoisotopic (exact) mass is 306 g/mol. The molecular weight excluding hydrogens is 292 g/mol. The van der Waals surface area contributed by atoms with Crippen molar-refractivity contribution in [2.75, 3.05) is 0 Å². The van der Waals surface area contributed by atoms with E-state index < -0.39 is 0 Å². The van der Waals surface area contributed by atoms with Crippen LogP contribution in [0.3, 0.4) is 0 Å². The van der Waals surface area contributed by atoms with Gasteiger partial charge in [0.05, 0.1) is 11.6 Å². The van der Waals surface area contributed by atoms with E-state index in [1.165, 1.54) is 0 Å². The fourth-order valence-electron chi connectivity index (χ4n) is 2.35. The van der Waals surface area contributed by atoms with Gasteiger partial charge in [0, 0.05) is 18.5 Å². The quantitative estimate of drug-likeness (QED) is 0.782. The summed E-state index contributed by atoms with van der Waals surface area (Å²) in [6.45, 7) is 1.56. The summed E-state index contributed by atoms with van der Waals surface area (Å²) in [6, 6.07) is 9.68. The summed E-state index contributed by atoms with van der Waals surface area (Å²) in [5, 5.41) is 5.10. The van der Waals surface area contributed by atoms with Crippen molar-refractivity contribution in [2.45, 2.75) is 13.0 Å². The van der Waals surface area contributed by atoms with Gasteiger partial charge in [0.1, 0.15) is 0 Å². The van der Waals surface area contributed by atoms with Crippen molar-refractivity contribution >= 4 is 40.6 Å². The molecule has 3 aromatic rings. The van der Waals surface area contributed by atoms with Crippen LogP contribution in [0.2, 0.25) is 0 Å². The van der Waals surface area contributed by atoms with Crippen molar-refractivity contribution < 1.29 is 4.79 Å². The SMILES string of the molecule is CC(=O)n1cc([C@H](N)c2ccsc2)c2ccccc21.Cl. The summed E-state index contributed by atoms with van der Waals surface area (Å²) < 4.78 is 1.66. The van der Waals surface area contributed by atoms with Gasteiger partial charge >= 0.3 is 0 Å². The maximum Gasteiger partial charge on any atom is 0.227 e. The number of carbonyl (C=O) groups excluding carboxylic acids is 1. The Morgan fingerprint density at radius 3 is 2.70 bits per heavy atom. The van der Waals surface area contributed by atoms with Gasteiger partial charge in [0.25, 0.3) is 0 Å². The number of rotatable bonds is 2. The number of thiophene rings is 1. The number of hydrogen-bond donors (Lipinski definition) is 1. The average molecular weight is 307 g/mol. The number of nitrogens with two attached hydrogens (primary N) is 1. The third-order valence-electron chi connectivity index (χ3n) is 3.32. The molecule has 0 radical (unpaired) electrons. The predicted octanol–water partition coefficient (Wildman–Crippen LogP) is 3.83. The Kier molecular flexibility index (Phi) is 4.28. The predicted molar refractivity (Wildman–Crippen MR) is 85.8 cm³/mol. The first-order chi connectivity index (χ1) is 9.18. The van der Waals surface area contributed by atoms with E-state index in [4.69, 9.17) is 5.73 Å². The highest BCUT2D eigenvalue weighted by Gasteiger charge is 2.17. The molecule has 0 saturated heterocycles. The minimum Gasteiger partial charge on any atom is -0.320 e. The maximum atomic E-state index is 11.7. The van der Waals surface area contributed by atoms with Gasteiger partial charge in [-0.3, -0.25) is 9.36 Å². The lowest BCUT2D eigenvalue weighted by Crippen LogP contribution is -2.10. The first-order valence-corrected chi connectivity index (χ1v) is 7.01. The molecule has 3 nitrogen and oxygen atoms in total. The van der Waals surface area contributed by atoms with Crippen LogP contribution in [0.25, 0.3) is 10.9 Å². The number of para-hydroxylation sites is 1. The standard InChI is InChI=1S/C15H14N2OS.ClH/c1-10(18)17-8-13(12-4-2-3-5-14(12)17)15(16)11-6-7-19-9-11;/h2-9,15H,16H2,1H3;1H/t15-;/m1./s1. The van der Waals surface area contributed by atoms with Crippen molar-refractivity contribution in [3.05, 3.63) is 58.4 Å². The highest BCUT2D eigenvalue weighted by molar-refractivity contribution is 7.08. The van der Waals surface area contributed by atoms with E-state index in [9.17, 15) is 4.79 Å². The van der Waals surface area contributed by atoms with E-state index >= 15 is 0 Å². The molecular formula is C15H15ClN2OS. The van der Waals surface area contributed by atoms with Gasteiger partial charge in [0.15, 0.2) is 0 Å². The Balaban J connectivity index is 0.00000147. The van der Waals surface area contributed by atoms with E-state index in [0.29, 0.717) is 0 Å². The zero-order valence-corrected chi connectivity index (χ0v) is 12.6. The fraction of sp³-hybridized carbons (Fsp3) is 0.133. The molecule has 2 aromatic heterocycles. The molecule has 1 atom stereocenters. The number of carbonyl (C=O) groups is 1. The molecule has 5 heteroatoms. The molecule has 104 valence electrons. The minimum atomic E-state index is -0.197. The summed E-state index contributed by atoms with van der Waals surface area (Å²) in [7, 11) is 0. The van der Waals surface area contributed by atoms with Crippen LogP contribution in [-0.2, 0) is 0 Å². The minimum absolute atomic E-state index is 0. The summed E-state index contributed by atoms with van der Waals surface area (Å²) in [5.41, 5.74) is 9.31. The Morgan fingerprint density at radius 2 is 2.05 bits per heavy atom. The average Bonchev–Trinajstić information content (AvgIpc) is 3.05. The highest BCUT2D eigenvalue weighted by Crippen LogP contribution is 2.30. The van der Waals surface area contributed by atoms with Crippen LogP contribution in [0.4, 0.5) is 0 Å². The second-order valence-corrected chi connectivity index (χ2v) is 5.30. The fourth-order valence-corrected chi connectivity index (χ4v) is 3.04. The zero-order valence-electron chi connectivity index (χ0n) is 10.9. The lowest BCUT2D eigenvalue weighted by atomic mass is 10.0. The Hall–Kier alpha value is -1.62. The summed E-state index contributed by atoms with van der Waals surface area (Å²) in [4.78, 5) is 11.7. The second kappa shape index (κ2) is 5.79. The molecule has 0 unspecified atom stereocenters. The number of benzene rings is 1. The van der Waals surface area contributed by atoms with E-state index in [0.717, 1.165) is 22.0 Å². The number of hydrogen-bond acceptors (Lipinski definition) is 3. The van der Waals surface area contributed by atoms with Gasteiger partial charge < -0.3 is 5.73 Å². The Bertz CT molecular complexity index is 734. The molecule has 0 amide bonds. The summed E-state index contributed by atoms with van der Waals surface area (Å²) in [6.07, 6.45) is 1.86. The molecule has 0 bridgehead atoms. The van der Waals surface area contributed by atoms with Crippen molar-refractivity contribution in [1.29, 1.82) is 0 Å². The molecule has 2 N–H and O–H groups in total. The second-order valence-electron chi connectivity index (χ2n) is 4.52. The summed E-state index contributed by atoms with van der Waals surface area (Å²) in [5.74, 6) is -0.0000291. The van der Waals surface area contributed by atoms with Crippen LogP contribution in [0, 0.1) is 0 Å². The molecule has 3 rings (SSSR count). The highest BCUT2D eigenvalue weighted by atomic mass is 35.5. The lowest BCUT2D eigenvalue weighted by Gasteiger charge is -2.08. The van der Waals surface area contributed by atoms with E-state index in [2.05, 4.69) is 0 Å². The topological polar surface area (TPSA) is 48.0 Å². The maximum absolute atomic E-state index is 11.7. The molecule has 0 aliphatic carbocycles. The van der Waals surface area contributed by atoms with Gasteiger partial charge in [-0.05, 0) is 34.0 Å². The van der Waals surface area contributed by atoms with Gasteiger partial charge in [0.2, 0.25) is 5.91 Å². The van der Waals surface area contributed by atoms with Crippen LogP contribution >= 0.6 is 23.7 Å². The molecule has 0 aliphatic heterocycles. The molecule has 0 aliphatic rings. The molecule has 20 heavy (non-hydrogen) atoms. The van der Waals surface area contributed by atoms with E-state index in [-0.39, 0.29) is 24.4 Å². The van der Waals surface area contributed by atoms with Gasteiger partial charge in [-0.1, -0.05) is 18.2 Å². The van der Waals surface area contributed by atoms with Crippen molar-refractivity contribution in [3.63, 3.8) is 0 Å². The number of fused-ring (bicyclic) bond motifs is 1. The molecule has 2 heterocycles. The normalized spacial score (nSPS) is 12.1. The Labute approximate surface area is 127 Å². The van der Waals surface area contributed by atoms with Crippen LogP contribution in [0.15, 0.2) is 47.3 Å². The lowest BCUT2D eigenvalue weighted by molar-refractivity contribution is 0.0941. The third-order valence-corrected chi connectivity index (χ3v) is 4.02. The van der Waals surface area contributed by atoms with Crippen LogP contribution in [-0.4, -0.2) is 10.5 Å². The van der Waals surface area contributed by atoms with Crippen molar-refractivity contribution in [2.24, 2.45) is 5.73 Å².